The molecule has 0 aliphatic carbocycles. The predicted molar refractivity (Wildman–Crippen MR) is 55.1 cm³/mol. The molecule has 0 aliphatic rings. The van der Waals surface area contributed by atoms with E-state index in [-0.39, 0.29) is 5.56 Å². The second kappa shape index (κ2) is 4.70. The van der Waals surface area contributed by atoms with E-state index in [1.807, 2.05) is 12.3 Å². The smallest absolute Gasteiger partial charge is 0.250 e. The van der Waals surface area contributed by atoms with E-state index in [4.69, 9.17) is 0 Å². The summed E-state index contributed by atoms with van der Waals surface area (Å²) < 4.78 is 1.58. The SMILES string of the molecule is CCCCNc1ccc(=O)n(C)c1. The molecule has 1 aromatic heterocycles. The normalized spacial score (nSPS) is 10.0. The van der Waals surface area contributed by atoms with Crippen molar-refractivity contribution < 1.29 is 0 Å². The standard InChI is InChI=1S/C10H16N2O/c1-3-4-7-11-9-5-6-10(13)12(2)8-9/h5-6,8,11H,3-4,7H2,1-2H3. The van der Waals surface area contributed by atoms with Gasteiger partial charge in [0.1, 0.15) is 0 Å². The van der Waals surface area contributed by atoms with Gasteiger partial charge in [-0.2, -0.15) is 0 Å². The molecule has 3 nitrogen and oxygen atoms in total. The molecule has 1 N–H and O–H groups in total. The molecule has 0 aromatic carbocycles. The Morgan fingerprint density at radius 1 is 1.46 bits per heavy atom. The van der Waals surface area contributed by atoms with Crippen LogP contribution < -0.4 is 10.9 Å². The highest BCUT2D eigenvalue weighted by atomic mass is 16.1. The Hall–Kier alpha value is -1.25. The van der Waals surface area contributed by atoms with Gasteiger partial charge < -0.3 is 9.88 Å². The van der Waals surface area contributed by atoms with Crippen LogP contribution in [-0.2, 0) is 7.05 Å². The number of hydrogen-bond acceptors (Lipinski definition) is 2. The van der Waals surface area contributed by atoms with Gasteiger partial charge in [-0.1, -0.05) is 13.3 Å². The summed E-state index contributed by atoms with van der Waals surface area (Å²) in [6.45, 7) is 3.12. The summed E-state index contributed by atoms with van der Waals surface area (Å²) in [5, 5.41) is 3.25. The van der Waals surface area contributed by atoms with Crippen molar-refractivity contribution in [1.29, 1.82) is 0 Å². The van der Waals surface area contributed by atoms with Gasteiger partial charge in [-0.3, -0.25) is 4.79 Å². The Balaban J connectivity index is 2.58. The highest BCUT2D eigenvalue weighted by molar-refractivity contribution is 5.39. The number of nitrogens with zero attached hydrogens (tertiary/aromatic N) is 1. The first-order valence-electron chi connectivity index (χ1n) is 4.64. The van der Waals surface area contributed by atoms with Gasteiger partial charge in [-0.05, 0) is 12.5 Å². The van der Waals surface area contributed by atoms with Crippen LogP contribution >= 0.6 is 0 Å². The van der Waals surface area contributed by atoms with E-state index in [2.05, 4.69) is 12.2 Å². The van der Waals surface area contributed by atoms with Crippen molar-refractivity contribution in [1.82, 2.24) is 4.57 Å². The number of unbranched alkanes of at least 4 members (excludes halogenated alkanes) is 1. The van der Waals surface area contributed by atoms with Gasteiger partial charge >= 0.3 is 0 Å². The van der Waals surface area contributed by atoms with Gasteiger partial charge in [-0.25, -0.2) is 0 Å². The Morgan fingerprint density at radius 3 is 2.85 bits per heavy atom. The van der Waals surface area contributed by atoms with Crippen molar-refractivity contribution in [3.8, 4) is 0 Å². The fraction of sp³-hybridized carbons (Fsp3) is 0.500. The number of rotatable bonds is 4. The Morgan fingerprint density at radius 2 is 2.23 bits per heavy atom. The minimum atomic E-state index is 0.0287. The number of pyridine rings is 1. The summed E-state index contributed by atoms with van der Waals surface area (Å²) in [6.07, 6.45) is 4.15. The van der Waals surface area contributed by atoms with Crippen molar-refractivity contribution in [2.75, 3.05) is 11.9 Å². The molecule has 3 heteroatoms. The van der Waals surface area contributed by atoms with Crippen LogP contribution in [0.15, 0.2) is 23.1 Å². The molecule has 0 bridgehead atoms. The summed E-state index contributed by atoms with van der Waals surface area (Å²) in [4.78, 5) is 11.0. The minimum Gasteiger partial charge on any atom is -0.384 e. The topological polar surface area (TPSA) is 34.0 Å². The average Bonchev–Trinajstić information content (AvgIpc) is 2.12. The van der Waals surface area contributed by atoms with E-state index in [0.717, 1.165) is 18.7 Å². The maximum absolute atomic E-state index is 11.0. The number of anilines is 1. The maximum Gasteiger partial charge on any atom is 0.250 e. The van der Waals surface area contributed by atoms with E-state index in [1.165, 1.54) is 6.42 Å². The monoisotopic (exact) mass is 180 g/mol. The highest BCUT2D eigenvalue weighted by Crippen LogP contribution is 2.02. The van der Waals surface area contributed by atoms with E-state index in [9.17, 15) is 4.79 Å². The first-order valence-corrected chi connectivity index (χ1v) is 4.64. The lowest BCUT2D eigenvalue weighted by Crippen LogP contribution is -2.15. The van der Waals surface area contributed by atoms with Gasteiger partial charge in [0.25, 0.3) is 0 Å². The third-order valence-corrected chi connectivity index (χ3v) is 1.95. The van der Waals surface area contributed by atoms with Crippen LogP contribution in [0.5, 0.6) is 0 Å². The molecular weight excluding hydrogens is 164 g/mol. The Kier molecular flexibility index (Phi) is 3.55. The summed E-state index contributed by atoms with van der Waals surface area (Å²) in [7, 11) is 1.76. The molecule has 0 saturated carbocycles. The van der Waals surface area contributed by atoms with Gasteiger partial charge in [-0.15, -0.1) is 0 Å². The van der Waals surface area contributed by atoms with Crippen LogP contribution in [0.1, 0.15) is 19.8 Å². The zero-order valence-electron chi connectivity index (χ0n) is 8.21. The number of aromatic nitrogens is 1. The summed E-state index contributed by atoms with van der Waals surface area (Å²) in [5.41, 5.74) is 1.04. The van der Waals surface area contributed by atoms with Crippen LogP contribution in [0.3, 0.4) is 0 Å². The van der Waals surface area contributed by atoms with Crippen molar-refractivity contribution in [2.24, 2.45) is 7.05 Å². The lowest BCUT2D eigenvalue weighted by Gasteiger charge is -2.06. The van der Waals surface area contributed by atoms with Crippen molar-refractivity contribution in [3.63, 3.8) is 0 Å². The average molecular weight is 180 g/mol. The molecule has 1 rings (SSSR count). The molecule has 1 heterocycles. The van der Waals surface area contributed by atoms with Crippen LogP contribution in [0, 0.1) is 0 Å². The number of hydrogen-bond donors (Lipinski definition) is 1. The number of aryl methyl sites for hydroxylation is 1. The quantitative estimate of drug-likeness (QED) is 0.714. The van der Waals surface area contributed by atoms with Crippen LogP contribution in [-0.4, -0.2) is 11.1 Å². The first-order chi connectivity index (χ1) is 6.24. The molecule has 13 heavy (non-hydrogen) atoms. The van der Waals surface area contributed by atoms with Gasteiger partial charge in [0, 0.05) is 25.9 Å². The molecule has 0 atom stereocenters. The van der Waals surface area contributed by atoms with Gasteiger partial charge in [0.2, 0.25) is 5.56 Å². The summed E-state index contributed by atoms with van der Waals surface area (Å²) >= 11 is 0. The molecule has 0 aliphatic heterocycles. The summed E-state index contributed by atoms with van der Waals surface area (Å²) in [6, 6.07) is 3.40. The van der Waals surface area contributed by atoms with Gasteiger partial charge in [0.15, 0.2) is 0 Å². The van der Waals surface area contributed by atoms with Crippen LogP contribution in [0.4, 0.5) is 5.69 Å². The zero-order valence-corrected chi connectivity index (χ0v) is 8.21. The molecule has 0 unspecified atom stereocenters. The largest absolute Gasteiger partial charge is 0.384 e. The molecule has 0 fully saturated rings. The second-order valence-electron chi connectivity index (χ2n) is 3.15. The van der Waals surface area contributed by atoms with E-state index in [1.54, 1.807) is 17.7 Å². The first kappa shape index (κ1) is 9.84. The third-order valence-electron chi connectivity index (χ3n) is 1.95. The Bertz CT molecular complexity index is 317. The highest BCUT2D eigenvalue weighted by Gasteiger charge is 1.93. The lowest BCUT2D eigenvalue weighted by molar-refractivity contribution is 0.824. The molecular formula is C10H16N2O. The lowest BCUT2D eigenvalue weighted by atomic mass is 10.3. The van der Waals surface area contributed by atoms with Crippen molar-refractivity contribution in [2.45, 2.75) is 19.8 Å². The number of nitrogens with one attached hydrogen (secondary N) is 1. The second-order valence-corrected chi connectivity index (χ2v) is 3.15. The van der Waals surface area contributed by atoms with Crippen molar-refractivity contribution in [3.05, 3.63) is 28.7 Å². The van der Waals surface area contributed by atoms with Crippen LogP contribution in [0.25, 0.3) is 0 Å². The predicted octanol–water partition coefficient (Wildman–Crippen LogP) is 1.60. The minimum absolute atomic E-state index is 0.0287. The van der Waals surface area contributed by atoms with Crippen molar-refractivity contribution >= 4 is 5.69 Å². The fourth-order valence-electron chi connectivity index (χ4n) is 1.11. The van der Waals surface area contributed by atoms with Crippen LogP contribution in [0.2, 0.25) is 0 Å². The zero-order chi connectivity index (χ0) is 9.68. The molecule has 72 valence electrons. The van der Waals surface area contributed by atoms with Gasteiger partial charge in [0.05, 0.1) is 5.69 Å². The molecule has 0 spiro atoms. The molecule has 0 amide bonds. The molecule has 0 radical (unpaired) electrons. The molecule has 0 saturated heterocycles. The maximum atomic E-state index is 11.0. The molecule has 1 aromatic rings. The Labute approximate surface area is 78.4 Å². The van der Waals surface area contributed by atoms with E-state index >= 15 is 0 Å². The fourth-order valence-corrected chi connectivity index (χ4v) is 1.11. The van der Waals surface area contributed by atoms with E-state index < -0.39 is 0 Å². The third kappa shape index (κ3) is 2.93. The summed E-state index contributed by atoms with van der Waals surface area (Å²) in [5.74, 6) is 0. The van der Waals surface area contributed by atoms with E-state index in [0.29, 0.717) is 0 Å².